The summed E-state index contributed by atoms with van der Waals surface area (Å²) >= 11 is 0. The number of nitrogens with zero attached hydrogens (tertiary/aromatic N) is 2. The van der Waals surface area contributed by atoms with Crippen LogP contribution in [0.15, 0.2) is 10.7 Å². The molecule has 1 aromatic heterocycles. The number of likely N-dealkylation sites (tertiary alicyclic amines) is 1. The van der Waals surface area contributed by atoms with Crippen molar-refractivity contribution in [3.8, 4) is 0 Å². The van der Waals surface area contributed by atoms with Crippen molar-refractivity contribution in [1.29, 1.82) is 0 Å². The van der Waals surface area contributed by atoms with Crippen molar-refractivity contribution >= 4 is 5.91 Å². The molecule has 1 aromatic rings. The molecule has 0 atom stereocenters. The molecule has 0 bridgehead atoms. The smallest absolute Gasteiger partial charge is 0.259 e. The highest BCUT2D eigenvalue weighted by atomic mass is 16.5. The Morgan fingerprint density at radius 3 is 2.93 bits per heavy atom. The van der Waals surface area contributed by atoms with Crippen molar-refractivity contribution in [2.24, 2.45) is 5.92 Å². The van der Waals surface area contributed by atoms with Crippen molar-refractivity contribution < 1.29 is 9.32 Å². The van der Waals surface area contributed by atoms with Gasteiger partial charge in [0.15, 0.2) is 0 Å². The molecule has 1 aliphatic rings. The summed E-state index contributed by atoms with van der Waals surface area (Å²) in [4.78, 5) is 13.6. The summed E-state index contributed by atoms with van der Waals surface area (Å²) in [6, 6.07) is 0. The minimum Gasteiger partial charge on any atom is -0.361 e. The monoisotopic (exact) mass is 194 g/mol. The van der Waals surface area contributed by atoms with Gasteiger partial charge in [0.05, 0.1) is 6.20 Å². The summed E-state index contributed by atoms with van der Waals surface area (Å²) in [5.41, 5.74) is 0.597. The maximum atomic E-state index is 11.8. The van der Waals surface area contributed by atoms with Crippen LogP contribution < -0.4 is 0 Å². The maximum Gasteiger partial charge on any atom is 0.259 e. The average Bonchev–Trinajstić information content (AvgIpc) is 2.49. The highest BCUT2D eigenvalue weighted by Gasteiger charge is 2.31. The molecule has 0 saturated carbocycles. The molecule has 14 heavy (non-hydrogen) atoms. The summed E-state index contributed by atoms with van der Waals surface area (Å²) < 4.78 is 4.86. The summed E-state index contributed by atoms with van der Waals surface area (Å²) in [5, 5.41) is 3.60. The Kier molecular flexibility index (Phi) is 2.27. The molecule has 2 rings (SSSR count). The van der Waals surface area contributed by atoms with Crippen LogP contribution in [0, 0.1) is 12.8 Å². The standard InChI is InChI=1S/C10H14N2O2/c1-3-8-5-12(6-8)10(13)9-4-11-14-7(9)2/h4,8H,3,5-6H2,1-2H3. The molecule has 4 heteroatoms. The van der Waals surface area contributed by atoms with Crippen LogP contribution in [-0.4, -0.2) is 29.1 Å². The number of rotatable bonds is 2. The maximum absolute atomic E-state index is 11.8. The van der Waals surface area contributed by atoms with E-state index in [-0.39, 0.29) is 5.91 Å². The number of amides is 1. The summed E-state index contributed by atoms with van der Waals surface area (Å²) in [7, 11) is 0. The van der Waals surface area contributed by atoms with Crippen LogP contribution in [0.25, 0.3) is 0 Å². The van der Waals surface area contributed by atoms with Gasteiger partial charge in [-0.1, -0.05) is 12.1 Å². The molecule has 0 spiro atoms. The van der Waals surface area contributed by atoms with E-state index in [0.29, 0.717) is 17.2 Å². The van der Waals surface area contributed by atoms with Gasteiger partial charge in [-0.15, -0.1) is 0 Å². The highest BCUT2D eigenvalue weighted by molar-refractivity contribution is 5.95. The Labute approximate surface area is 82.9 Å². The van der Waals surface area contributed by atoms with Gasteiger partial charge >= 0.3 is 0 Å². The van der Waals surface area contributed by atoms with Crippen LogP contribution in [0.5, 0.6) is 0 Å². The Bertz CT molecular complexity index is 340. The average molecular weight is 194 g/mol. The summed E-state index contributed by atoms with van der Waals surface area (Å²) in [6.45, 7) is 5.66. The summed E-state index contributed by atoms with van der Waals surface area (Å²) in [5.74, 6) is 1.34. The third kappa shape index (κ3) is 1.41. The van der Waals surface area contributed by atoms with Crippen LogP contribution in [-0.2, 0) is 0 Å². The van der Waals surface area contributed by atoms with E-state index in [1.165, 1.54) is 6.20 Å². The number of carbonyl (C=O) groups is 1. The van der Waals surface area contributed by atoms with Gasteiger partial charge in [0, 0.05) is 13.1 Å². The molecule has 0 aliphatic carbocycles. The van der Waals surface area contributed by atoms with E-state index >= 15 is 0 Å². The Balaban J connectivity index is 2.01. The highest BCUT2D eigenvalue weighted by Crippen LogP contribution is 2.21. The number of hydrogen-bond donors (Lipinski definition) is 0. The number of carbonyl (C=O) groups excluding carboxylic acids is 1. The van der Waals surface area contributed by atoms with Gasteiger partial charge in [-0.25, -0.2) is 0 Å². The summed E-state index contributed by atoms with van der Waals surface area (Å²) in [6.07, 6.45) is 2.64. The lowest BCUT2D eigenvalue weighted by Crippen LogP contribution is -2.49. The van der Waals surface area contributed by atoms with E-state index in [4.69, 9.17) is 4.52 Å². The lowest BCUT2D eigenvalue weighted by Gasteiger charge is -2.38. The van der Waals surface area contributed by atoms with Crippen LogP contribution in [0.2, 0.25) is 0 Å². The fourth-order valence-corrected chi connectivity index (χ4v) is 1.67. The minimum atomic E-state index is 0.0495. The van der Waals surface area contributed by atoms with Gasteiger partial charge < -0.3 is 9.42 Å². The normalized spacial score (nSPS) is 16.9. The van der Waals surface area contributed by atoms with Gasteiger partial charge in [0.1, 0.15) is 11.3 Å². The van der Waals surface area contributed by atoms with Crippen molar-refractivity contribution in [2.45, 2.75) is 20.3 Å². The van der Waals surface area contributed by atoms with E-state index in [0.717, 1.165) is 19.5 Å². The van der Waals surface area contributed by atoms with Crippen molar-refractivity contribution in [1.82, 2.24) is 10.1 Å². The van der Waals surface area contributed by atoms with E-state index in [1.807, 2.05) is 4.90 Å². The molecule has 1 aliphatic heterocycles. The van der Waals surface area contributed by atoms with Gasteiger partial charge in [-0.05, 0) is 19.3 Å². The number of aromatic nitrogens is 1. The molecule has 1 amide bonds. The van der Waals surface area contributed by atoms with Gasteiger partial charge in [-0.2, -0.15) is 0 Å². The number of hydrogen-bond acceptors (Lipinski definition) is 3. The second kappa shape index (κ2) is 3.44. The SMILES string of the molecule is CCC1CN(C(=O)c2cnoc2C)C1. The Morgan fingerprint density at radius 1 is 1.71 bits per heavy atom. The van der Waals surface area contributed by atoms with Crippen LogP contribution >= 0.6 is 0 Å². The third-order valence-corrected chi connectivity index (χ3v) is 2.80. The molecule has 1 saturated heterocycles. The predicted molar refractivity (Wildman–Crippen MR) is 50.9 cm³/mol. The largest absolute Gasteiger partial charge is 0.361 e. The Morgan fingerprint density at radius 2 is 2.43 bits per heavy atom. The van der Waals surface area contributed by atoms with Crippen molar-refractivity contribution in [3.05, 3.63) is 17.5 Å². The van der Waals surface area contributed by atoms with E-state index in [9.17, 15) is 4.79 Å². The number of aryl methyl sites for hydroxylation is 1. The predicted octanol–water partition coefficient (Wildman–Crippen LogP) is 1.47. The van der Waals surface area contributed by atoms with Gasteiger partial charge in [-0.3, -0.25) is 4.79 Å². The quantitative estimate of drug-likeness (QED) is 0.716. The first kappa shape index (κ1) is 9.24. The topological polar surface area (TPSA) is 46.3 Å². The molecule has 0 radical (unpaired) electrons. The molecular formula is C10H14N2O2. The molecule has 0 unspecified atom stereocenters. The zero-order valence-corrected chi connectivity index (χ0v) is 8.49. The molecule has 2 heterocycles. The van der Waals surface area contributed by atoms with E-state index < -0.39 is 0 Å². The van der Waals surface area contributed by atoms with Crippen molar-refractivity contribution in [3.63, 3.8) is 0 Å². The fraction of sp³-hybridized carbons (Fsp3) is 0.600. The first-order valence-electron chi connectivity index (χ1n) is 4.93. The second-order valence-corrected chi connectivity index (χ2v) is 3.78. The lowest BCUT2D eigenvalue weighted by atomic mass is 9.96. The minimum absolute atomic E-state index is 0.0495. The third-order valence-electron chi connectivity index (χ3n) is 2.80. The van der Waals surface area contributed by atoms with Crippen LogP contribution in [0.1, 0.15) is 29.5 Å². The van der Waals surface area contributed by atoms with E-state index in [2.05, 4.69) is 12.1 Å². The first-order chi connectivity index (χ1) is 6.72. The molecule has 0 aromatic carbocycles. The zero-order valence-electron chi connectivity index (χ0n) is 8.49. The molecule has 0 N–H and O–H groups in total. The molecule has 4 nitrogen and oxygen atoms in total. The molecule has 76 valence electrons. The first-order valence-corrected chi connectivity index (χ1v) is 4.93. The van der Waals surface area contributed by atoms with Gasteiger partial charge in [0.25, 0.3) is 5.91 Å². The molecular weight excluding hydrogens is 180 g/mol. The Hall–Kier alpha value is -1.32. The van der Waals surface area contributed by atoms with Crippen LogP contribution in [0.4, 0.5) is 0 Å². The fourth-order valence-electron chi connectivity index (χ4n) is 1.67. The lowest BCUT2D eigenvalue weighted by molar-refractivity contribution is 0.0493. The van der Waals surface area contributed by atoms with Crippen molar-refractivity contribution in [2.75, 3.05) is 13.1 Å². The second-order valence-electron chi connectivity index (χ2n) is 3.78. The van der Waals surface area contributed by atoms with Gasteiger partial charge in [0.2, 0.25) is 0 Å². The van der Waals surface area contributed by atoms with E-state index in [1.54, 1.807) is 6.92 Å². The van der Waals surface area contributed by atoms with Crippen LogP contribution in [0.3, 0.4) is 0 Å². The zero-order chi connectivity index (χ0) is 10.1. The molecule has 1 fully saturated rings.